The number of halogens is 2. The molecule has 1 saturated carbocycles. The van der Waals surface area contributed by atoms with Crippen LogP contribution >= 0.6 is 23.2 Å². The normalized spacial score (nSPS) is 14.2. The number of hydrogen-bond acceptors (Lipinski definition) is 8. The Kier molecular flexibility index (Phi) is 7.57. The predicted molar refractivity (Wildman–Crippen MR) is 139 cm³/mol. The van der Waals surface area contributed by atoms with Gasteiger partial charge in [-0.1, -0.05) is 23.2 Å². The molecule has 2 heterocycles. The third-order valence-corrected chi connectivity index (χ3v) is 6.52. The number of methoxy groups -OCH3 is 1. The minimum Gasteiger partial charge on any atom is -0.453 e. The highest BCUT2D eigenvalue weighted by atomic mass is 35.5. The average molecular weight is 554 g/mol. The summed E-state index contributed by atoms with van der Waals surface area (Å²) in [4.78, 5) is 28.4. The molecule has 4 rings (SSSR count). The van der Waals surface area contributed by atoms with Gasteiger partial charge in [-0.2, -0.15) is 0 Å². The number of aromatic amines is 1. The number of alkyl carbamates (subject to hydrolysis) is 1. The Morgan fingerprint density at radius 2 is 2.03 bits per heavy atom. The minimum atomic E-state index is -3.59. The average Bonchev–Trinajstić information content (AvgIpc) is 3.57. The summed E-state index contributed by atoms with van der Waals surface area (Å²) in [5.41, 5.74) is 2.24. The lowest BCUT2D eigenvalue weighted by Gasteiger charge is -2.14. The van der Waals surface area contributed by atoms with Crippen LogP contribution in [0, 0.1) is 0 Å². The molecule has 1 aliphatic carbocycles. The lowest BCUT2D eigenvalue weighted by atomic mass is 10.1. The molecular weight excluding hydrogens is 529 g/mol. The molecule has 2 aromatic heterocycles. The molecule has 1 aromatic carbocycles. The van der Waals surface area contributed by atoms with Crippen molar-refractivity contribution in [3.05, 3.63) is 40.3 Å². The molecule has 1 fully saturated rings. The van der Waals surface area contributed by atoms with Gasteiger partial charge in [0, 0.05) is 35.3 Å². The van der Waals surface area contributed by atoms with E-state index in [1.807, 2.05) is 6.92 Å². The van der Waals surface area contributed by atoms with Crippen LogP contribution in [0.15, 0.2) is 24.4 Å². The van der Waals surface area contributed by atoms with Crippen LogP contribution < -0.4 is 15.4 Å². The van der Waals surface area contributed by atoms with Crippen molar-refractivity contribution < 1.29 is 17.9 Å². The maximum atomic E-state index is 11.8. The van der Waals surface area contributed by atoms with E-state index in [0.29, 0.717) is 46.1 Å². The lowest BCUT2D eigenvalue weighted by molar-refractivity contribution is 0.168. The zero-order valence-electron chi connectivity index (χ0n) is 19.7. The smallest absolute Gasteiger partial charge is 0.407 e. The van der Waals surface area contributed by atoms with Crippen LogP contribution in [0.3, 0.4) is 0 Å². The quantitative estimate of drug-likeness (QED) is 0.307. The molecule has 36 heavy (non-hydrogen) atoms. The molecule has 192 valence electrons. The first-order valence-electron chi connectivity index (χ1n) is 11.0. The summed E-state index contributed by atoms with van der Waals surface area (Å²) < 4.78 is 30.7. The highest BCUT2D eigenvalue weighted by Crippen LogP contribution is 2.44. The number of sulfonamides is 1. The van der Waals surface area contributed by atoms with Crippen molar-refractivity contribution in [3.63, 3.8) is 0 Å². The Morgan fingerprint density at radius 3 is 2.69 bits per heavy atom. The SMILES string of the molecule is COC(=O)N[C@H](C)CNc1nccc(-c2[nH]c(C3CC3)nc2-c2cc(Cl)cc(NS(C)(=O)=O)c2Cl)n1. The molecule has 0 aliphatic heterocycles. The number of ether oxygens (including phenoxy) is 1. The van der Waals surface area contributed by atoms with Gasteiger partial charge in [-0.15, -0.1) is 0 Å². The molecule has 3 aromatic rings. The third-order valence-electron chi connectivity index (χ3n) is 5.30. The van der Waals surface area contributed by atoms with Crippen LogP contribution in [0.1, 0.15) is 31.5 Å². The number of rotatable bonds is 9. The molecule has 0 bridgehead atoms. The van der Waals surface area contributed by atoms with Crippen molar-refractivity contribution in [2.75, 3.05) is 29.9 Å². The Bertz CT molecular complexity index is 1390. The third kappa shape index (κ3) is 6.37. The Morgan fingerprint density at radius 1 is 1.28 bits per heavy atom. The highest BCUT2D eigenvalue weighted by Gasteiger charge is 2.30. The minimum absolute atomic E-state index is 0.153. The van der Waals surface area contributed by atoms with Gasteiger partial charge in [0.1, 0.15) is 5.82 Å². The zero-order chi connectivity index (χ0) is 26.0. The van der Waals surface area contributed by atoms with Gasteiger partial charge in [-0.3, -0.25) is 4.72 Å². The highest BCUT2D eigenvalue weighted by molar-refractivity contribution is 7.92. The number of imidazole rings is 1. The molecule has 0 spiro atoms. The monoisotopic (exact) mass is 553 g/mol. The molecule has 11 nitrogen and oxygen atoms in total. The van der Waals surface area contributed by atoms with Gasteiger partial charge < -0.3 is 20.4 Å². The van der Waals surface area contributed by atoms with Gasteiger partial charge >= 0.3 is 6.09 Å². The predicted octanol–water partition coefficient (Wildman–Crippen LogP) is 4.25. The number of H-pyrrole nitrogens is 1. The van der Waals surface area contributed by atoms with E-state index in [1.165, 1.54) is 13.2 Å². The number of hydrogen-bond donors (Lipinski definition) is 4. The van der Waals surface area contributed by atoms with Crippen LogP contribution in [0.5, 0.6) is 0 Å². The molecule has 0 saturated heterocycles. The number of benzene rings is 1. The fourth-order valence-electron chi connectivity index (χ4n) is 3.50. The maximum absolute atomic E-state index is 11.8. The van der Waals surface area contributed by atoms with E-state index in [-0.39, 0.29) is 16.8 Å². The number of carbonyl (C=O) groups excluding carboxylic acids is 1. The summed E-state index contributed by atoms with van der Waals surface area (Å²) >= 11 is 12.9. The first kappa shape index (κ1) is 26.0. The van der Waals surface area contributed by atoms with E-state index in [2.05, 4.69) is 35.0 Å². The maximum Gasteiger partial charge on any atom is 0.407 e. The zero-order valence-corrected chi connectivity index (χ0v) is 22.1. The molecule has 1 aliphatic rings. The molecular formula is C22H25Cl2N7O4S. The van der Waals surface area contributed by atoms with Crippen LogP contribution in [-0.2, 0) is 14.8 Å². The fourth-order valence-corrected chi connectivity index (χ4v) is 4.58. The summed E-state index contributed by atoms with van der Waals surface area (Å²) in [5, 5.41) is 6.20. The summed E-state index contributed by atoms with van der Waals surface area (Å²) in [5.74, 6) is 1.43. The fraction of sp³-hybridized carbons (Fsp3) is 0.364. The molecule has 0 unspecified atom stereocenters. The Balaban J connectivity index is 1.70. The molecule has 14 heteroatoms. The van der Waals surface area contributed by atoms with Crippen molar-refractivity contribution in [1.82, 2.24) is 25.3 Å². The van der Waals surface area contributed by atoms with Crippen molar-refractivity contribution in [2.24, 2.45) is 0 Å². The van der Waals surface area contributed by atoms with Crippen LogP contribution in [-0.4, -0.2) is 60.4 Å². The van der Waals surface area contributed by atoms with Gasteiger partial charge in [-0.25, -0.2) is 28.2 Å². The first-order valence-corrected chi connectivity index (χ1v) is 13.7. The number of anilines is 2. The number of carbonyl (C=O) groups is 1. The first-order chi connectivity index (χ1) is 17.0. The van der Waals surface area contributed by atoms with Gasteiger partial charge in [0.25, 0.3) is 0 Å². The molecule has 1 atom stereocenters. The molecule has 0 radical (unpaired) electrons. The van der Waals surface area contributed by atoms with E-state index >= 15 is 0 Å². The van der Waals surface area contributed by atoms with E-state index in [0.717, 1.165) is 24.9 Å². The van der Waals surface area contributed by atoms with Gasteiger partial charge in [0.2, 0.25) is 16.0 Å². The summed E-state index contributed by atoms with van der Waals surface area (Å²) in [7, 11) is -2.29. The van der Waals surface area contributed by atoms with Crippen molar-refractivity contribution in [2.45, 2.75) is 31.7 Å². The van der Waals surface area contributed by atoms with Gasteiger partial charge in [-0.05, 0) is 38.0 Å². The Hall–Kier alpha value is -3.09. The van der Waals surface area contributed by atoms with Gasteiger partial charge in [0.05, 0.1) is 41.2 Å². The van der Waals surface area contributed by atoms with Gasteiger partial charge in [0.15, 0.2) is 0 Å². The van der Waals surface area contributed by atoms with Crippen LogP contribution in [0.25, 0.3) is 22.6 Å². The molecule has 4 N–H and O–H groups in total. The number of aromatic nitrogens is 4. The standard InChI is InChI=1S/C22H25Cl2N7O4S/c1-11(27-22(32)35-2)10-26-21-25-7-6-15(28-21)19-18(29-20(30-19)12-4-5-12)14-8-13(23)9-16(17(14)24)31-36(3,33)34/h6-9,11-12,31H,4-5,10H2,1-3H3,(H,27,32)(H,29,30)(H,25,26,28)/t11-/m1/s1. The van der Waals surface area contributed by atoms with E-state index in [1.54, 1.807) is 18.3 Å². The topological polar surface area (TPSA) is 151 Å². The van der Waals surface area contributed by atoms with Crippen molar-refractivity contribution in [3.8, 4) is 22.6 Å². The van der Waals surface area contributed by atoms with Crippen molar-refractivity contribution in [1.29, 1.82) is 0 Å². The Labute approximate surface area is 218 Å². The van der Waals surface area contributed by atoms with Crippen LogP contribution in [0.2, 0.25) is 10.0 Å². The van der Waals surface area contributed by atoms with Crippen molar-refractivity contribution >= 4 is 51.0 Å². The van der Waals surface area contributed by atoms with E-state index in [4.69, 9.17) is 28.2 Å². The number of nitrogens with one attached hydrogen (secondary N) is 4. The van der Waals surface area contributed by atoms with Crippen LogP contribution in [0.4, 0.5) is 16.4 Å². The number of amides is 1. The lowest BCUT2D eigenvalue weighted by Crippen LogP contribution is -2.37. The van der Waals surface area contributed by atoms with E-state index < -0.39 is 16.1 Å². The van der Waals surface area contributed by atoms with E-state index in [9.17, 15) is 13.2 Å². The second kappa shape index (κ2) is 10.5. The number of nitrogens with zero attached hydrogens (tertiary/aromatic N) is 3. The summed E-state index contributed by atoms with van der Waals surface area (Å²) in [6.07, 6.45) is 4.13. The summed E-state index contributed by atoms with van der Waals surface area (Å²) in [6.45, 7) is 2.17. The molecule has 1 amide bonds. The largest absolute Gasteiger partial charge is 0.453 e. The second-order valence-electron chi connectivity index (χ2n) is 8.49. The summed E-state index contributed by atoms with van der Waals surface area (Å²) in [6, 6.07) is 4.57. The second-order valence-corrected chi connectivity index (χ2v) is 11.1.